The molecule has 0 amide bonds. The zero-order valence-corrected chi connectivity index (χ0v) is 12.7. The molecule has 1 aliphatic heterocycles. The molecule has 0 aliphatic carbocycles. The fourth-order valence-corrected chi connectivity index (χ4v) is 3.15. The van der Waals surface area contributed by atoms with Gasteiger partial charge in [0.2, 0.25) is 0 Å². The molecule has 3 nitrogen and oxygen atoms in total. The second kappa shape index (κ2) is 6.79. The SMILES string of the molecule is CCC1COCCN1C(CN)c1cc(F)ccc1Br. The summed E-state index contributed by atoms with van der Waals surface area (Å²) in [7, 11) is 0. The summed E-state index contributed by atoms with van der Waals surface area (Å²) in [6.07, 6.45) is 1.00. The molecule has 2 rings (SSSR count). The monoisotopic (exact) mass is 330 g/mol. The van der Waals surface area contributed by atoms with Crippen LogP contribution in [0, 0.1) is 5.82 Å². The smallest absolute Gasteiger partial charge is 0.123 e. The first-order chi connectivity index (χ1) is 9.17. The molecular weight excluding hydrogens is 311 g/mol. The van der Waals surface area contributed by atoms with E-state index in [9.17, 15) is 4.39 Å². The molecule has 2 unspecified atom stereocenters. The molecule has 1 fully saturated rings. The van der Waals surface area contributed by atoms with Crippen LogP contribution in [-0.2, 0) is 4.74 Å². The maximum atomic E-state index is 13.5. The predicted molar refractivity (Wildman–Crippen MR) is 77.5 cm³/mol. The third-order valence-corrected chi connectivity index (χ3v) is 4.41. The Morgan fingerprint density at radius 1 is 1.58 bits per heavy atom. The molecule has 0 radical (unpaired) electrons. The summed E-state index contributed by atoms with van der Waals surface area (Å²) in [6.45, 7) is 4.88. The molecule has 1 saturated heterocycles. The van der Waals surface area contributed by atoms with E-state index < -0.39 is 0 Å². The first-order valence-electron chi connectivity index (χ1n) is 6.65. The zero-order valence-electron chi connectivity index (χ0n) is 11.1. The van der Waals surface area contributed by atoms with Crippen molar-refractivity contribution >= 4 is 15.9 Å². The average Bonchev–Trinajstić information content (AvgIpc) is 2.44. The van der Waals surface area contributed by atoms with Gasteiger partial charge < -0.3 is 10.5 Å². The van der Waals surface area contributed by atoms with Crippen molar-refractivity contribution in [1.29, 1.82) is 0 Å². The van der Waals surface area contributed by atoms with Crippen LogP contribution in [0.2, 0.25) is 0 Å². The van der Waals surface area contributed by atoms with Gasteiger partial charge in [0.25, 0.3) is 0 Å². The maximum absolute atomic E-state index is 13.5. The lowest BCUT2D eigenvalue weighted by Crippen LogP contribution is -2.48. The van der Waals surface area contributed by atoms with Crippen molar-refractivity contribution in [1.82, 2.24) is 4.90 Å². The minimum absolute atomic E-state index is 0.0268. The summed E-state index contributed by atoms with van der Waals surface area (Å²) in [5.74, 6) is -0.224. The van der Waals surface area contributed by atoms with Gasteiger partial charge in [0, 0.05) is 29.6 Å². The number of ether oxygens (including phenoxy) is 1. The van der Waals surface area contributed by atoms with Crippen LogP contribution in [0.1, 0.15) is 24.9 Å². The molecule has 1 aromatic carbocycles. The van der Waals surface area contributed by atoms with Crippen LogP contribution in [0.5, 0.6) is 0 Å². The van der Waals surface area contributed by atoms with Gasteiger partial charge in [-0.15, -0.1) is 0 Å². The van der Waals surface area contributed by atoms with E-state index in [0.717, 1.165) is 29.6 Å². The van der Waals surface area contributed by atoms with Crippen molar-refractivity contribution in [3.63, 3.8) is 0 Å². The number of hydrogen-bond acceptors (Lipinski definition) is 3. The minimum Gasteiger partial charge on any atom is -0.378 e. The Labute approximate surface area is 122 Å². The lowest BCUT2D eigenvalue weighted by molar-refractivity contribution is -0.0292. The standard InChI is InChI=1S/C14H20BrFN2O/c1-2-11-9-19-6-5-18(11)14(8-17)12-7-10(16)3-4-13(12)15/h3-4,7,11,14H,2,5-6,8-9,17H2,1H3. The maximum Gasteiger partial charge on any atom is 0.123 e. The summed E-state index contributed by atoms with van der Waals surface area (Å²) in [5.41, 5.74) is 6.87. The van der Waals surface area contributed by atoms with Crippen molar-refractivity contribution in [3.05, 3.63) is 34.1 Å². The lowest BCUT2D eigenvalue weighted by atomic mass is 10.0. The molecule has 2 atom stereocenters. The Hall–Kier alpha value is -0.490. The number of nitrogens with zero attached hydrogens (tertiary/aromatic N) is 1. The number of halogens is 2. The Balaban J connectivity index is 2.29. The number of hydrogen-bond donors (Lipinski definition) is 1. The van der Waals surface area contributed by atoms with Crippen molar-refractivity contribution in [2.45, 2.75) is 25.4 Å². The van der Waals surface area contributed by atoms with E-state index >= 15 is 0 Å². The minimum atomic E-state index is -0.224. The highest BCUT2D eigenvalue weighted by Gasteiger charge is 2.29. The fraction of sp³-hybridized carbons (Fsp3) is 0.571. The molecule has 0 aromatic heterocycles. The highest BCUT2D eigenvalue weighted by Crippen LogP contribution is 2.31. The number of benzene rings is 1. The zero-order chi connectivity index (χ0) is 13.8. The van der Waals surface area contributed by atoms with Gasteiger partial charge in [-0.2, -0.15) is 0 Å². The Morgan fingerprint density at radius 3 is 3.05 bits per heavy atom. The van der Waals surface area contributed by atoms with Gasteiger partial charge in [0.1, 0.15) is 5.82 Å². The van der Waals surface area contributed by atoms with Crippen LogP contribution in [0.3, 0.4) is 0 Å². The number of morpholine rings is 1. The lowest BCUT2D eigenvalue weighted by Gasteiger charge is -2.40. The molecular formula is C14H20BrFN2O. The van der Waals surface area contributed by atoms with E-state index in [0.29, 0.717) is 19.2 Å². The topological polar surface area (TPSA) is 38.5 Å². The summed E-state index contributed by atoms with van der Waals surface area (Å²) in [4.78, 5) is 2.34. The van der Waals surface area contributed by atoms with Crippen LogP contribution in [-0.4, -0.2) is 37.2 Å². The molecule has 106 valence electrons. The van der Waals surface area contributed by atoms with Gasteiger partial charge in [-0.05, 0) is 30.2 Å². The van der Waals surface area contributed by atoms with Crippen LogP contribution in [0.4, 0.5) is 4.39 Å². The van der Waals surface area contributed by atoms with Gasteiger partial charge in [-0.25, -0.2) is 4.39 Å². The molecule has 2 N–H and O–H groups in total. The summed E-state index contributed by atoms with van der Waals surface area (Å²) < 4.78 is 19.9. The van der Waals surface area contributed by atoms with Crippen molar-refractivity contribution in [3.8, 4) is 0 Å². The van der Waals surface area contributed by atoms with E-state index in [2.05, 4.69) is 27.8 Å². The number of nitrogens with two attached hydrogens (primary N) is 1. The molecule has 19 heavy (non-hydrogen) atoms. The predicted octanol–water partition coefficient (Wildman–Crippen LogP) is 2.70. The Bertz CT molecular complexity index is 430. The summed E-state index contributed by atoms with van der Waals surface area (Å²) in [5, 5.41) is 0. The van der Waals surface area contributed by atoms with Gasteiger partial charge in [0.05, 0.1) is 13.2 Å². The molecule has 5 heteroatoms. The first-order valence-corrected chi connectivity index (χ1v) is 7.45. The Kier molecular flexibility index (Phi) is 5.33. The van der Waals surface area contributed by atoms with E-state index in [1.807, 2.05) is 0 Å². The summed E-state index contributed by atoms with van der Waals surface area (Å²) in [6, 6.07) is 5.15. The van der Waals surface area contributed by atoms with Crippen LogP contribution in [0.15, 0.2) is 22.7 Å². The van der Waals surface area contributed by atoms with Crippen molar-refractivity contribution in [2.75, 3.05) is 26.3 Å². The molecule has 0 bridgehead atoms. The van der Waals surface area contributed by atoms with E-state index in [1.165, 1.54) is 6.07 Å². The number of rotatable bonds is 4. The second-order valence-corrected chi connectivity index (χ2v) is 5.65. The molecule has 1 heterocycles. The highest BCUT2D eigenvalue weighted by molar-refractivity contribution is 9.10. The quantitative estimate of drug-likeness (QED) is 0.922. The summed E-state index contributed by atoms with van der Waals surface area (Å²) >= 11 is 3.50. The highest BCUT2D eigenvalue weighted by atomic mass is 79.9. The van der Waals surface area contributed by atoms with Gasteiger partial charge in [0.15, 0.2) is 0 Å². The normalized spacial score (nSPS) is 22.4. The van der Waals surface area contributed by atoms with Crippen LogP contribution >= 0.6 is 15.9 Å². The first kappa shape index (κ1) is 14.9. The second-order valence-electron chi connectivity index (χ2n) is 4.79. The van der Waals surface area contributed by atoms with Crippen molar-refractivity contribution < 1.29 is 9.13 Å². The third kappa shape index (κ3) is 3.34. The van der Waals surface area contributed by atoms with Crippen LogP contribution in [0.25, 0.3) is 0 Å². The molecule has 1 aromatic rings. The van der Waals surface area contributed by atoms with Gasteiger partial charge in [-0.1, -0.05) is 22.9 Å². The molecule has 0 spiro atoms. The van der Waals surface area contributed by atoms with Crippen LogP contribution < -0.4 is 5.73 Å². The van der Waals surface area contributed by atoms with Gasteiger partial charge in [-0.3, -0.25) is 4.90 Å². The largest absolute Gasteiger partial charge is 0.378 e. The fourth-order valence-electron chi connectivity index (χ4n) is 2.64. The van der Waals surface area contributed by atoms with E-state index in [-0.39, 0.29) is 11.9 Å². The third-order valence-electron chi connectivity index (χ3n) is 3.68. The van der Waals surface area contributed by atoms with Crippen molar-refractivity contribution in [2.24, 2.45) is 5.73 Å². The van der Waals surface area contributed by atoms with Gasteiger partial charge >= 0.3 is 0 Å². The van der Waals surface area contributed by atoms with E-state index in [4.69, 9.17) is 10.5 Å². The van der Waals surface area contributed by atoms with E-state index in [1.54, 1.807) is 12.1 Å². The molecule has 0 saturated carbocycles. The molecule has 1 aliphatic rings. The average molecular weight is 331 g/mol. The Morgan fingerprint density at radius 2 is 2.37 bits per heavy atom.